The van der Waals surface area contributed by atoms with Gasteiger partial charge in [0, 0.05) is 36.6 Å². The van der Waals surface area contributed by atoms with E-state index < -0.39 is 0 Å². The van der Waals surface area contributed by atoms with Gasteiger partial charge in [0.1, 0.15) is 0 Å². The van der Waals surface area contributed by atoms with E-state index in [0.29, 0.717) is 24.4 Å². The van der Waals surface area contributed by atoms with E-state index in [9.17, 15) is 9.59 Å². The van der Waals surface area contributed by atoms with E-state index in [1.807, 2.05) is 11.0 Å². The summed E-state index contributed by atoms with van der Waals surface area (Å²) in [4.78, 5) is 27.4. The SMILES string of the molecule is CCCN(CCC)C(=O)CCCC(=O)Nc1nnc(SCc2cccs2)s1. The molecule has 0 aromatic carbocycles. The summed E-state index contributed by atoms with van der Waals surface area (Å²) in [6.45, 7) is 5.71. The zero-order valence-corrected chi connectivity index (χ0v) is 18.2. The first-order chi connectivity index (χ1) is 13.1. The average molecular weight is 427 g/mol. The minimum atomic E-state index is -0.119. The molecule has 0 fully saturated rings. The number of nitrogens with one attached hydrogen (secondary N) is 1. The van der Waals surface area contributed by atoms with E-state index in [4.69, 9.17) is 0 Å². The number of aromatic nitrogens is 2. The molecular weight excluding hydrogens is 400 g/mol. The number of rotatable bonds is 12. The molecule has 0 aliphatic heterocycles. The molecule has 148 valence electrons. The Balaban J connectivity index is 1.68. The van der Waals surface area contributed by atoms with Crippen molar-refractivity contribution in [2.45, 2.75) is 56.0 Å². The van der Waals surface area contributed by atoms with Gasteiger partial charge in [-0.15, -0.1) is 21.5 Å². The topological polar surface area (TPSA) is 75.2 Å². The van der Waals surface area contributed by atoms with Crippen LogP contribution in [0.5, 0.6) is 0 Å². The van der Waals surface area contributed by atoms with Gasteiger partial charge >= 0.3 is 0 Å². The predicted octanol–water partition coefficient (Wildman–Crippen LogP) is 4.65. The maximum Gasteiger partial charge on any atom is 0.226 e. The first kappa shape index (κ1) is 21.8. The van der Waals surface area contributed by atoms with Gasteiger partial charge in [0.15, 0.2) is 4.34 Å². The fraction of sp³-hybridized carbons (Fsp3) is 0.556. The summed E-state index contributed by atoms with van der Waals surface area (Å²) in [5.74, 6) is 0.870. The second-order valence-corrected chi connectivity index (χ2v) is 9.26. The van der Waals surface area contributed by atoms with Crippen molar-refractivity contribution in [1.82, 2.24) is 15.1 Å². The minimum absolute atomic E-state index is 0.119. The number of thioether (sulfide) groups is 1. The van der Waals surface area contributed by atoms with Gasteiger partial charge in [-0.3, -0.25) is 9.59 Å². The van der Waals surface area contributed by atoms with Gasteiger partial charge in [-0.05, 0) is 30.7 Å². The molecule has 0 saturated heterocycles. The van der Waals surface area contributed by atoms with E-state index in [1.165, 1.54) is 16.2 Å². The van der Waals surface area contributed by atoms with Crippen molar-refractivity contribution in [3.8, 4) is 0 Å². The Kier molecular flexibility index (Phi) is 9.79. The maximum absolute atomic E-state index is 12.2. The third kappa shape index (κ3) is 7.98. The molecule has 2 aromatic heterocycles. The Labute approximate surface area is 172 Å². The van der Waals surface area contributed by atoms with Crippen LogP contribution in [0.2, 0.25) is 0 Å². The lowest BCUT2D eigenvalue weighted by atomic mass is 10.2. The highest BCUT2D eigenvalue weighted by Gasteiger charge is 2.13. The largest absolute Gasteiger partial charge is 0.343 e. The Bertz CT molecular complexity index is 697. The first-order valence-corrected chi connectivity index (χ1v) is 11.9. The lowest BCUT2D eigenvalue weighted by molar-refractivity contribution is -0.131. The second kappa shape index (κ2) is 12.1. The molecule has 0 saturated carbocycles. The highest BCUT2D eigenvalue weighted by atomic mass is 32.2. The number of anilines is 1. The molecule has 1 N–H and O–H groups in total. The van der Waals surface area contributed by atoms with Crippen LogP contribution < -0.4 is 5.32 Å². The zero-order valence-electron chi connectivity index (χ0n) is 15.8. The van der Waals surface area contributed by atoms with Crippen LogP contribution in [0.25, 0.3) is 0 Å². The van der Waals surface area contributed by atoms with E-state index in [0.717, 1.165) is 36.0 Å². The van der Waals surface area contributed by atoms with E-state index in [1.54, 1.807) is 23.1 Å². The number of thiophene rings is 1. The van der Waals surface area contributed by atoms with E-state index in [-0.39, 0.29) is 11.8 Å². The lowest BCUT2D eigenvalue weighted by Gasteiger charge is -2.21. The summed E-state index contributed by atoms with van der Waals surface area (Å²) < 4.78 is 0.837. The molecular formula is C18H26N4O2S3. The molecule has 0 bridgehead atoms. The quantitative estimate of drug-likeness (QED) is 0.395. The second-order valence-electron chi connectivity index (χ2n) is 6.02. The number of carbonyl (C=O) groups excluding carboxylic acids is 2. The molecule has 2 amide bonds. The fourth-order valence-electron chi connectivity index (χ4n) is 2.49. The number of amides is 2. The van der Waals surface area contributed by atoms with Crippen LogP contribution in [0.3, 0.4) is 0 Å². The molecule has 9 heteroatoms. The van der Waals surface area contributed by atoms with Gasteiger partial charge in [0.25, 0.3) is 0 Å². The highest BCUT2D eigenvalue weighted by molar-refractivity contribution is 8.00. The number of nitrogens with zero attached hydrogens (tertiary/aromatic N) is 3. The van der Waals surface area contributed by atoms with Crippen LogP contribution in [-0.4, -0.2) is 40.0 Å². The Morgan fingerprint density at radius 3 is 2.63 bits per heavy atom. The molecule has 0 unspecified atom stereocenters. The van der Waals surface area contributed by atoms with Crippen molar-refractivity contribution in [3.63, 3.8) is 0 Å². The molecule has 27 heavy (non-hydrogen) atoms. The fourth-order valence-corrected chi connectivity index (χ4v) is 5.03. The first-order valence-electron chi connectivity index (χ1n) is 9.18. The summed E-state index contributed by atoms with van der Waals surface area (Å²) in [6.07, 6.45) is 3.18. The van der Waals surface area contributed by atoms with Gasteiger partial charge in [0.05, 0.1) is 0 Å². The normalized spacial score (nSPS) is 10.7. The maximum atomic E-state index is 12.2. The summed E-state index contributed by atoms with van der Waals surface area (Å²) in [5.41, 5.74) is 0. The van der Waals surface area contributed by atoms with Crippen molar-refractivity contribution in [3.05, 3.63) is 22.4 Å². The molecule has 0 aliphatic carbocycles. The van der Waals surface area contributed by atoms with Crippen LogP contribution in [0.15, 0.2) is 21.9 Å². The summed E-state index contributed by atoms with van der Waals surface area (Å²) >= 11 is 4.71. The molecule has 0 spiro atoms. The minimum Gasteiger partial charge on any atom is -0.343 e. The zero-order chi connectivity index (χ0) is 19.5. The van der Waals surface area contributed by atoms with Crippen LogP contribution in [0, 0.1) is 0 Å². The smallest absolute Gasteiger partial charge is 0.226 e. The van der Waals surface area contributed by atoms with Crippen molar-refractivity contribution < 1.29 is 9.59 Å². The van der Waals surface area contributed by atoms with Gasteiger partial charge in [-0.2, -0.15) is 0 Å². The monoisotopic (exact) mass is 426 g/mol. The Morgan fingerprint density at radius 2 is 1.96 bits per heavy atom. The van der Waals surface area contributed by atoms with Gasteiger partial charge in [-0.1, -0.05) is 43.0 Å². The molecule has 6 nitrogen and oxygen atoms in total. The van der Waals surface area contributed by atoms with Crippen molar-refractivity contribution in [2.24, 2.45) is 0 Å². The average Bonchev–Trinajstić information content (AvgIpc) is 3.31. The van der Waals surface area contributed by atoms with Crippen LogP contribution in [0.4, 0.5) is 5.13 Å². The number of hydrogen-bond donors (Lipinski definition) is 1. The number of hydrogen-bond acceptors (Lipinski definition) is 7. The van der Waals surface area contributed by atoms with Gasteiger partial charge in [-0.25, -0.2) is 0 Å². The molecule has 0 aliphatic rings. The standard InChI is InChI=1S/C18H26N4O2S3/c1-3-10-22(11-4-2)16(24)9-5-8-15(23)19-17-20-21-18(27-17)26-13-14-7-6-12-25-14/h6-7,12H,3-5,8-11,13H2,1-2H3,(H,19,20,23). The molecule has 0 atom stereocenters. The molecule has 2 heterocycles. The Morgan fingerprint density at radius 1 is 1.19 bits per heavy atom. The van der Waals surface area contributed by atoms with Crippen molar-refractivity contribution in [1.29, 1.82) is 0 Å². The summed E-state index contributed by atoms with van der Waals surface area (Å²) in [7, 11) is 0. The van der Waals surface area contributed by atoms with Crippen LogP contribution in [0.1, 0.15) is 50.8 Å². The van der Waals surface area contributed by atoms with E-state index in [2.05, 4.69) is 40.8 Å². The van der Waals surface area contributed by atoms with Crippen molar-refractivity contribution >= 4 is 51.4 Å². The third-order valence-electron chi connectivity index (χ3n) is 3.71. The van der Waals surface area contributed by atoms with Crippen LogP contribution in [-0.2, 0) is 15.3 Å². The summed E-state index contributed by atoms with van der Waals surface area (Å²) in [6, 6.07) is 4.12. The van der Waals surface area contributed by atoms with Crippen molar-refractivity contribution in [2.75, 3.05) is 18.4 Å². The molecule has 2 aromatic rings. The van der Waals surface area contributed by atoms with Crippen LogP contribution >= 0.6 is 34.4 Å². The highest BCUT2D eigenvalue weighted by Crippen LogP contribution is 2.29. The Hall–Kier alpha value is -1.45. The lowest BCUT2D eigenvalue weighted by Crippen LogP contribution is -2.32. The van der Waals surface area contributed by atoms with E-state index >= 15 is 0 Å². The molecule has 2 rings (SSSR count). The predicted molar refractivity (Wildman–Crippen MR) is 113 cm³/mol. The molecule has 0 radical (unpaired) electrons. The third-order valence-corrected chi connectivity index (χ3v) is 6.78. The van der Waals surface area contributed by atoms with Gasteiger partial charge < -0.3 is 10.2 Å². The van der Waals surface area contributed by atoms with Gasteiger partial charge in [0.2, 0.25) is 16.9 Å². The number of carbonyl (C=O) groups is 2. The summed E-state index contributed by atoms with van der Waals surface area (Å²) in [5, 5.41) is 13.5.